The van der Waals surface area contributed by atoms with Gasteiger partial charge < -0.3 is 14.1 Å². The van der Waals surface area contributed by atoms with Gasteiger partial charge in [0.15, 0.2) is 18.0 Å². The van der Waals surface area contributed by atoms with Gasteiger partial charge in [-0.3, -0.25) is 9.59 Å². The highest BCUT2D eigenvalue weighted by atomic mass is 35.5. The number of para-hydroxylation sites is 2. The molecule has 2 aromatic carbocycles. The van der Waals surface area contributed by atoms with Crippen molar-refractivity contribution in [3.8, 4) is 0 Å². The number of carbonyl (C=O) groups excluding carboxylic acids is 3. The summed E-state index contributed by atoms with van der Waals surface area (Å²) in [7, 11) is 1.55. The maximum atomic E-state index is 13.1. The van der Waals surface area contributed by atoms with Crippen LogP contribution in [0.4, 0.5) is 0 Å². The van der Waals surface area contributed by atoms with E-state index in [2.05, 4.69) is 4.98 Å². The molecule has 0 spiro atoms. The fourth-order valence-electron chi connectivity index (χ4n) is 4.22. The monoisotopic (exact) mass is 466 g/mol. The maximum absolute atomic E-state index is 13.1. The second kappa shape index (κ2) is 9.58. The minimum absolute atomic E-state index is 0.0696. The molecule has 0 aliphatic heterocycles. The first-order valence-electron chi connectivity index (χ1n) is 10.7. The fraction of sp³-hybridized carbons (Fsp3) is 0.280. The van der Waals surface area contributed by atoms with Crippen LogP contribution in [0, 0.1) is 0 Å². The predicted octanol–water partition coefficient (Wildman–Crippen LogP) is 4.53. The van der Waals surface area contributed by atoms with E-state index in [4.69, 9.17) is 20.8 Å². The van der Waals surface area contributed by atoms with Crippen LogP contribution in [-0.4, -0.2) is 41.2 Å². The summed E-state index contributed by atoms with van der Waals surface area (Å²) >= 11 is 6.42. The summed E-state index contributed by atoms with van der Waals surface area (Å²) in [6.07, 6.45) is 4.89. The lowest BCUT2D eigenvalue weighted by atomic mass is 9.74. The Bertz CT molecular complexity index is 1200. The number of benzene rings is 2. The molecule has 1 amide bonds. The zero-order valence-corrected chi connectivity index (χ0v) is 18.9. The van der Waals surface area contributed by atoms with E-state index < -0.39 is 24.0 Å². The molecule has 0 radical (unpaired) electrons. The van der Waals surface area contributed by atoms with E-state index in [0.717, 1.165) is 18.9 Å². The van der Waals surface area contributed by atoms with Crippen LogP contribution in [0.15, 0.2) is 59.0 Å². The molecule has 170 valence electrons. The van der Waals surface area contributed by atoms with Crippen molar-refractivity contribution >= 4 is 46.4 Å². The van der Waals surface area contributed by atoms with Gasteiger partial charge in [0.2, 0.25) is 5.89 Å². The number of Topliss-reactive ketones (excluding diaryl/α,β-unsaturated/α-hetero) is 1. The van der Waals surface area contributed by atoms with Gasteiger partial charge in [-0.05, 0) is 37.5 Å². The van der Waals surface area contributed by atoms with Gasteiger partial charge in [-0.1, -0.05) is 41.9 Å². The smallest absolute Gasteiger partial charge is 0.331 e. The van der Waals surface area contributed by atoms with Gasteiger partial charge in [0, 0.05) is 36.2 Å². The van der Waals surface area contributed by atoms with Gasteiger partial charge in [-0.25, -0.2) is 9.78 Å². The summed E-state index contributed by atoms with van der Waals surface area (Å²) in [6, 6.07) is 14.3. The number of amides is 1. The third-order valence-electron chi connectivity index (χ3n) is 5.93. The molecular weight excluding hydrogens is 444 g/mol. The molecule has 1 fully saturated rings. The summed E-state index contributed by atoms with van der Waals surface area (Å²) in [5.74, 6) is -1.03. The van der Waals surface area contributed by atoms with Crippen LogP contribution in [0.5, 0.6) is 0 Å². The zero-order valence-electron chi connectivity index (χ0n) is 18.1. The molecule has 0 unspecified atom stereocenters. The lowest BCUT2D eigenvalue weighted by molar-refractivity contribution is -0.155. The average molecular weight is 467 g/mol. The molecule has 1 aliphatic carbocycles. The van der Waals surface area contributed by atoms with Gasteiger partial charge in [-0.2, -0.15) is 0 Å². The van der Waals surface area contributed by atoms with E-state index >= 15 is 0 Å². The topological polar surface area (TPSA) is 89.7 Å². The normalized spacial score (nSPS) is 18.5. The molecule has 0 bridgehead atoms. The number of carbonyl (C=O) groups is 3. The summed E-state index contributed by atoms with van der Waals surface area (Å²) < 4.78 is 10.6. The van der Waals surface area contributed by atoms with Crippen LogP contribution in [0.3, 0.4) is 0 Å². The van der Waals surface area contributed by atoms with Crippen LogP contribution < -0.4 is 0 Å². The zero-order chi connectivity index (χ0) is 23.4. The molecule has 1 atom stereocenters. The summed E-state index contributed by atoms with van der Waals surface area (Å²) in [5, 5.41) is 0.422. The molecule has 3 aromatic rings. The SMILES string of the molecule is CN(C(=O)COC(=O)/C=C/c1nc2ccccc2o1)[C@@]1(c2ccccc2Cl)CCCCC1=O. The average Bonchev–Trinajstić information content (AvgIpc) is 3.25. The van der Waals surface area contributed by atoms with Crippen LogP contribution in [0.2, 0.25) is 5.02 Å². The Balaban J connectivity index is 1.45. The number of nitrogens with zero attached hydrogens (tertiary/aromatic N) is 2. The van der Waals surface area contributed by atoms with Crippen LogP contribution >= 0.6 is 11.6 Å². The number of ether oxygens (including phenoxy) is 1. The van der Waals surface area contributed by atoms with Gasteiger partial charge in [0.1, 0.15) is 11.1 Å². The number of oxazole rings is 1. The van der Waals surface area contributed by atoms with Gasteiger partial charge in [0.25, 0.3) is 5.91 Å². The Morgan fingerprint density at radius 3 is 2.70 bits per heavy atom. The van der Waals surface area contributed by atoms with Gasteiger partial charge in [0.05, 0.1) is 0 Å². The molecule has 4 rings (SSSR count). The Kier molecular flexibility index (Phi) is 6.60. The molecule has 1 saturated carbocycles. The molecular formula is C25H23ClN2O5. The van der Waals surface area contributed by atoms with Gasteiger partial charge in [-0.15, -0.1) is 0 Å². The van der Waals surface area contributed by atoms with Crippen molar-refractivity contribution in [1.82, 2.24) is 9.88 Å². The Labute approximate surface area is 196 Å². The third kappa shape index (κ3) is 4.54. The summed E-state index contributed by atoms with van der Waals surface area (Å²) in [5.41, 5.74) is 0.691. The minimum atomic E-state index is -1.17. The number of hydrogen-bond acceptors (Lipinski definition) is 6. The first-order chi connectivity index (χ1) is 15.9. The van der Waals surface area contributed by atoms with Crippen molar-refractivity contribution in [2.24, 2.45) is 0 Å². The molecule has 8 heteroatoms. The van der Waals surface area contributed by atoms with E-state index in [9.17, 15) is 14.4 Å². The predicted molar refractivity (Wildman–Crippen MR) is 123 cm³/mol. The summed E-state index contributed by atoms with van der Waals surface area (Å²) in [6.45, 7) is -0.507. The highest BCUT2D eigenvalue weighted by molar-refractivity contribution is 6.31. The van der Waals surface area contributed by atoms with E-state index in [1.807, 2.05) is 12.1 Å². The highest BCUT2D eigenvalue weighted by Crippen LogP contribution is 2.42. The number of hydrogen-bond donors (Lipinski definition) is 0. The number of esters is 1. The number of ketones is 1. The third-order valence-corrected chi connectivity index (χ3v) is 6.26. The Hall–Kier alpha value is -3.45. The molecule has 7 nitrogen and oxygen atoms in total. The Morgan fingerprint density at radius 2 is 1.94 bits per heavy atom. The van der Waals surface area contributed by atoms with E-state index in [1.165, 1.54) is 11.0 Å². The number of halogens is 1. The largest absolute Gasteiger partial charge is 0.452 e. The number of aromatic nitrogens is 1. The van der Waals surface area contributed by atoms with E-state index in [1.54, 1.807) is 43.4 Å². The molecule has 0 N–H and O–H groups in total. The van der Waals surface area contributed by atoms with Crippen molar-refractivity contribution < 1.29 is 23.5 Å². The first-order valence-corrected chi connectivity index (χ1v) is 11.0. The standard InChI is InChI=1S/C25H23ClN2O5/c1-28(25(15-7-6-12-21(25)29)17-8-2-3-9-18(17)26)23(30)16-32-24(31)14-13-22-27-19-10-4-5-11-20(19)33-22/h2-5,8-11,13-14H,6-7,12,15-16H2,1H3/b14-13+/t25-/m1/s1. The minimum Gasteiger partial charge on any atom is -0.452 e. The fourth-order valence-corrected chi connectivity index (χ4v) is 4.51. The number of likely N-dealkylation sites (N-methyl/N-ethyl adjacent to an activating group) is 1. The Morgan fingerprint density at radius 1 is 1.18 bits per heavy atom. The van der Waals surface area contributed by atoms with E-state index in [0.29, 0.717) is 34.5 Å². The number of fused-ring (bicyclic) bond motifs is 1. The van der Waals surface area contributed by atoms with Crippen molar-refractivity contribution in [1.29, 1.82) is 0 Å². The van der Waals surface area contributed by atoms with Crippen molar-refractivity contribution in [3.05, 3.63) is 71.1 Å². The van der Waals surface area contributed by atoms with Crippen molar-refractivity contribution in [2.75, 3.05) is 13.7 Å². The molecule has 0 saturated heterocycles. The second-order valence-electron chi connectivity index (χ2n) is 7.88. The highest BCUT2D eigenvalue weighted by Gasteiger charge is 2.47. The number of rotatable bonds is 6. The summed E-state index contributed by atoms with van der Waals surface area (Å²) in [4.78, 5) is 43.8. The van der Waals surface area contributed by atoms with Crippen LogP contribution in [0.25, 0.3) is 17.2 Å². The lowest BCUT2D eigenvalue weighted by Gasteiger charge is -2.43. The van der Waals surface area contributed by atoms with E-state index in [-0.39, 0.29) is 11.7 Å². The van der Waals surface area contributed by atoms with Crippen molar-refractivity contribution in [2.45, 2.75) is 31.2 Å². The van der Waals surface area contributed by atoms with Crippen LogP contribution in [-0.2, 0) is 24.7 Å². The van der Waals surface area contributed by atoms with Gasteiger partial charge >= 0.3 is 5.97 Å². The maximum Gasteiger partial charge on any atom is 0.331 e. The molecule has 1 aromatic heterocycles. The molecule has 33 heavy (non-hydrogen) atoms. The van der Waals surface area contributed by atoms with Crippen molar-refractivity contribution in [3.63, 3.8) is 0 Å². The first kappa shape index (κ1) is 22.7. The quantitative estimate of drug-likeness (QED) is 0.391. The molecule has 1 heterocycles. The lowest BCUT2D eigenvalue weighted by Crippen LogP contribution is -2.55. The molecule has 1 aliphatic rings. The van der Waals surface area contributed by atoms with Crippen LogP contribution in [0.1, 0.15) is 37.1 Å². The second-order valence-corrected chi connectivity index (χ2v) is 8.29.